The van der Waals surface area contributed by atoms with Crippen molar-refractivity contribution in [3.63, 3.8) is 0 Å². The van der Waals surface area contributed by atoms with Gasteiger partial charge in [-0.25, -0.2) is 0 Å². The smallest absolute Gasteiger partial charge is 0.261 e. The van der Waals surface area contributed by atoms with E-state index in [0.29, 0.717) is 39.3 Å². The molecule has 0 bridgehead atoms. The highest BCUT2D eigenvalue weighted by atomic mass is 79.9. The number of amides is 2. The Bertz CT molecular complexity index is 956. The van der Waals surface area contributed by atoms with Gasteiger partial charge in [-0.15, -0.1) is 0 Å². The number of hydrogen-bond acceptors (Lipinski definition) is 3. The Morgan fingerprint density at radius 3 is 2.41 bits per heavy atom. The summed E-state index contributed by atoms with van der Waals surface area (Å²) in [7, 11) is 0. The minimum Gasteiger partial charge on any atom is -0.482 e. The fraction of sp³-hybridized carbons (Fsp3) is 0.391. The van der Waals surface area contributed by atoms with E-state index in [1.807, 2.05) is 20.8 Å². The van der Waals surface area contributed by atoms with Crippen LogP contribution >= 0.6 is 50.7 Å². The van der Waals surface area contributed by atoms with Crippen molar-refractivity contribution in [3.05, 3.63) is 61.5 Å². The van der Waals surface area contributed by atoms with Crippen molar-refractivity contribution in [2.45, 2.75) is 39.8 Å². The molecule has 2 amide bonds. The monoisotopic (exact) mass is 562 g/mol. The van der Waals surface area contributed by atoms with Gasteiger partial charge in [0.15, 0.2) is 6.61 Å². The standard InChI is InChI=1S/C23H26BrCl3N2O3/c1-4-20(23(31)28-11-14(2)3)29(12-15-5-7-17(25)10-18(15)26)22(30)13-32-21-8-6-16(24)9-19(21)27/h5-10,14,20H,4,11-13H2,1-3H3,(H,28,31)/t20-/m1/s1. The molecule has 0 radical (unpaired) electrons. The molecule has 174 valence electrons. The molecule has 9 heteroatoms. The van der Waals surface area contributed by atoms with Crippen LogP contribution in [0, 0.1) is 5.92 Å². The van der Waals surface area contributed by atoms with Crippen LogP contribution < -0.4 is 10.1 Å². The first kappa shape index (κ1) is 26.8. The number of hydrogen-bond donors (Lipinski definition) is 1. The molecule has 0 spiro atoms. The molecule has 32 heavy (non-hydrogen) atoms. The first-order chi connectivity index (χ1) is 15.1. The molecule has 0 fully saturated rings. The van der Waals surface area contributed by atoms with Gasteiger partial charge in [0, 0.05) is 27.6 Å². The van der Waals surface area contributed by atoms with Crippen LogP contribution in [-0.4, -0.2) is 35.9 Å². The number of nitrogens with zero attached hydrogens (tertiary/aromatic N) is 1. The van der Waals surface area contributed by atoms with Crippen LogP contribution in [0.15, 0.2) is 40.9 Å². The third-order valence-electron chi connectivity index (χ3n) is 4.67. The number of benzene rings is 2. The summed E-state index contributed by atoms with van der Waals surface area (Å²) in [6, 6.07) is 9.49. The van der Waals surface area contributed by atoms with Gasteiger partial charge in [0.05, 0.1) is 5.02 Å². The minimum absolute atomic E-state index is 0.139. The average Bonchev–Trinajstić information content (AvgIpc) is 2.72. The highest BCUT2D eigenvalue weighted by Crippen LogP contribution is 2.28. The van der Waals surface area contributed by atoms with E-state index in [2.05, 4.69) is 21.2 Å². The van der Waals surface area contributed by atoms with Gasteiger partial charge in [0.25, 0.3) is 5.91 Å². The second-order valence-corrected chi connectivity index (χ2v) is 9.85. The number of halogens is 4. The molecule has 0 aliphatic rings. The molecule has 0 aromatic heterocycles. The molecule has 1 N–H and O–H groups in total. The number of rotatable bonds is 10. The normalized spacial score (nSPS) is 11.9. The molecule has 0 unspecified atom stereocenters. The van der Waals surface area contributed by atoms with Gasteiger partial charge in [0.1, 0.15) is 11.8 Å². The molecular formula is C23H26BrCl3N2O3. The summed E-state index contributed by atoms with van der Waals surface area (Å²) in [6.07, 6.45) is 0.430. The van der Waals surface area contributed by atoms with Crippen LogP contribution in [0.25, 0.3) is 0 Å². The first-order valence-electron chi connectivity index (χ1n) is 10.2. The molecule has 5 nitrogen and oxygen atoms in total. The van der Waals surface area contributed by atoms with Gasteiger partial charge >= 0.3 is 0 Å². The molecular weight excluding hydrogens is 539 g/mol. The highest BCUT2D eigenvalue weighted by molar-refractivity contribution is 9.10. The third kappa shape index (κ3) is 7.84. The maximum Gasteiger partial charge on any atom is 0.261 e. The maximum atomic E-state index is 13.2. The molecule has 1 atom stereocenters. The fourth-order valence-electron chi connectivity index (χ4n) is 2.99. The van der Waals surface area contributed by atoms with Crippen LogP contribution in [-0.2, 0) is 16.1 Å². The van der Waals surface area contributed by atoms with Crippen LogP contribution in [0.1, 0.15) is 32.8 Å². The van der Waals surface area contributed by atoms with Gasteiger partial charge in [-0.3, -0.25) is 9.59 Å². The van der Waals surface area contributed by atoms with E-state index in [1.165, 1.54) is 4.90 Å². The van der Waals surface area contributed by atoms with E-state index in [9.17, 15) is 9.59 Å². The fourth-order valence-corrected chi connectivity index (χ4v) is 4.19. The Morgan fingerprint density at radius 2 is 1.81 bits per heavy atom. The third-order valence-corrected chi connectivity index (χ3v) is 6.05. The lowest BCUT2D eigenvalue weighted by Gasteiger charge is -2.31. The molecule has 0 saturated heterocycles. The lowest BCUT2D eigenvalue weighted by molar-refractivity contribution is -0.143. The average molecular weight is 565 g/mol. The largest absolute Gasteiger partial charge is 0.482 e. The van der Waals surface area contributed by atoms with Crippen molar-refractivity contribution >= 4 is 62.5 Å². The second-order valence-electron chi connectivity index (χ2n) is 7.68. The lowest BCUT2D eigenvalue weighted by Crippen LogP contribution is -2.50. The minimum atomic E-state index is -0.683. The Hall–Kier alpha value is -1.47. The zero-order chi connectivity index (χ0) is 23.8. The summed E-state index contributed by atoms with van der Waals surface area (Å²) < 4.78 is 6.46. The molecule has 2 rings (SSSR count). The summed E-state index contributed by atoms with van der Waals surface area (Å²) >= 11 is 21.9. The Labute approximate surface area is 212 Å². The predicted molar refractivity (Wildman–Crippen MR) is 134 cm³/mol. The van der Waals surface area contributed by atoms with Crippen molar-refractivity contribution in [1.82, 2.24) is 10.2 Å². The van der Waals surface area contributed by atoms with Gasteiger partial charge in [0.2, 0.25) is 5.91 Å². The number of nitrogens with one attached hydrogen (secondary N) is 1. The van der Waals surface area contributed by atoms with Crippen molar-refractivity contribution in [2.75, 3.05) is 13.2 Å². The second kappa shape index (κ2) is 12.7. The van der Waals surface area contributed by atoms with Crippen LogP contribution in [0.2, 0.25) is 15.1 Å². The number of carbonyl (C=O) groups excluding carboxylic acids is 2. The van der Waals surface area contributed by atoms with E-state index >= 15 is 0 Å². The van der Waals surface area contributed by atoms with E-state index in [4.69, 9.17) is 39.5 Å². The lowest BCUT2D eigenvalue weighted by atomic mass is 10.1. The zero-order valence-corrected chi connectivity index (χ0v) is 22.0. The summed E-state index contributed by atoms with van der Waals surface area (Å²) in [4.78, 5) is 27.6. The van der Waals surface area contributed by atoms with E-state index < -0.39 is 6.04 Å². The van der Waals surface area contributed by atoms with Crippen molar-refractivity contribution in [2.24, 2.45) is 5.92 Å². The molecule has 0 heterocycles. The molecule has 0 aliphatic carbocycles. The van der Waals surface area contributed by atoms with Crippen LogP contribution in [0.5, 0.6) is 5.75 Å². The topological polar surface area (TPSA) is 58.6 Å². The highest BCUT2D eigenvalue weighted by Gasteiger charge is 2.29. The Kier molecular flexibility index (Phi) is 10.6. The first-order valence-corrected chi connectivity index (χ1v) is 12.1. The van der Waals surface area contributed by atoms with Gasteiger partial charge < -0.3 is 15.0 Å². The summed E-state index contributed by atoms with van der Waals surface area (Å²) in [5, 5.41) is 4.20. The van der Waals surface area contributed by atoms with Crippen LogP contribution in [0.4, 0.5) is 0 Å². The van der Waals surface area contributed by atoms with E-state index in [0.717, 1.165) is 4.47 Å². The summed E-state index contributed by atoms with van der Waals surface area (Å²) in [5.41, 5.74) is 0.682. The van der Waals surface area contributed by atoms with Crippen molar-refractivity contribution in [1.29, 1.82) is 0 Å². The molecule has 2 aromatic carbocycles. The Morgan fingerprint density at radius 1 is 1.09 bits per heavy atom. The molecule has 0 aliphatic heterocycles. The summed E-state index contributed by atoms with van der Waals surface area (Å²) in [6.45, 7) is 6.25. The summed E-state index contributed by atoms with van der Waals surface area (Å²) in [5.74, 6) is 0.0852. The zero-order valence-electron chi connectivity index (χ0n) is 18.1. The van der Waals surface area contributed by atoms with Crippen molar-refractivity contribution < 1.29 is 14.3 Å². The van der Waals surface area contributed by atoms with Gasteiger partial charge in [-0.1, -0.05) is 77.6 Å². The quantitative estimate of drug-likeness (QED) is 0.365. The number of carbonyl (C=O) groups is 2. The SMILES string of the molecule is CC[C@H](C(=O)NCC(C)C)N(Cc1ccc(Cl)cc1Cl)C(=O)COc1ccc(Br)cc1Cl. The molecule has 2 aromatic rings. The maximum absolute atomic E-state index is 13.2. The van der Waals surface area contributed by atoms with Gasteiger partial charge in [-0.2, -0.15) is 0 Å². The number of ether oxygens (including phenoxy) is 1. The van der Waals surface area contributed by atoms with Crippen molar-refractivity contribution in [3.8, 4) is 5.75 Å². The van der Waals surface area contributed by atoms with Gasteiger partial charge in [-0.05, 0) is 48.2 Å². The van der Waals surface area contributed by atoms with E-state index in [1.54, 1.807) is 36.4 Å². The Balaban J connectivity index is 2.26. The molecule has 0 saturated carbocycles. The predicted octanol–water partition coefficient (Wildman–Crippen LogP) is 6.37. The van der Waals surface area contributed by atoms with E-state index in [-0.39, 0.29) is 30.9 Å². The van der Waals surface area contributed by atoms with Crippen LogP contribution in [0.3, 0.4) is 0 Å².